The molecule has 1 atom stereocenters. The van der Waals surface area contributed by atoms with E-state index in [9.17, 15) is 8.42 Å². The highest BCUT2D eigenvalue weighted by Crippen LogP contribution is 2.16. The zero-order valence-corrected chi connectivity index (χ0v) is 10.3. The first-order valence-corrected chi connectivity index (χ1v) is 7.27. The molecule has 1 heterocycles. The Morgan fingerprint density at radius 1 is 1.31 bits per heavy atom. The van der Waals surface area contributed by atoms with Gasteiger partial charge in [0.1, 0.15) is 0 Å². The minimum Gasteiger partial charge on any atom is -0.315 e. The number of aryl methyl sites for hydroxylation is 1. The van der Waals surface area contributed by atoms with Crippen LogP contribution in [-0.4, -0.2) is 26.8 Å². The lowest BCUT2D eigenvalue weighted by atomic mass is 10.2. The molecule has 1 aromatic rings. The highest BCUT2D eigenvalue weighted by molar-refractivity contribution is 7.91. The third kappa shape index (κ3) is 2.62. The largest absolute Gasteiger partial charge is 0.315 e. The molecule has 1 aliphatic heterocycles. The fourth-order valence-corrected chi connectivity index (χ4v) is 3.71. The van der Waals surface area contributed by atoms with Gasteiger partial charge in [0.25, 0.3) is 0 Å². The average molecular weight is 239 g/mol. The van der Waals surface area contributed by atoms with Gasteiger partial charge in [-0.3, -0.25) is 0 Å². The Labute approximate surface area is 96.8 Å². The zero-order valence-electron chi connectivity index (χ0n) is 9.44. The Kier molecular flexibility index (Phi) is 3.30. The molecule has 1 N–H and O–H groups in total. The molecule has 0 aromatic heterocycles. The molecule has 0 radical (unpaired) electrons. The first kappa shape index (κ1) is 11.6. The lowest BCUT2D eigenvalue weighted by molar-refractivity contribution is 0.582. The van der Waals surface area contributed by atoms with Crippen molar-refractivity contribution >= 4 is 9.84 Å². The summed E-state index contributed by atoms with van der Waals surface area (Å²) in [4.78, 5) is 0. The normalized spacial score (nSPS) is 21.2. The van der Waals surface area contributed by atoms with Crippen molar-refractivity contribution in [2.24, 2.45) is 0 Å². The minimum atomic E-state index is -2.99. The second-order valence-corrected chi connectivity index (χ2v) is 6.69. The molecule has 0 spiro atoms. The van der Waals surface area contributed by atoms with E-state index in [-0.39, 0.29) is 11.0 Å². The van der Waals surface area contributed by atoms with Crippen molar-refractivity contribution < 1.29 is 8.42 Å². The summed E-state index contributed by atoms with van der Waals surface area (Å²) in [6.45, 7) is 3.42. The number of rotatable bonds is 3. The van der Waals surface area contributed by atoms with Crippen LogP contribution in [0, 0.1) is 6.92 Å². The summed E-state index contributed by atoms with van der Waals surface area (Å²) in [5.74, 6) is 0.166. The monoisotopic (exact) mass is 239 g/mol. The summed E-state index contributed by atoms with van der Waals surface area (Å²) >= 11 is 0. The standard InChI is InChI=1S/C12H17NO2S/c1-10-2-4-11(5-3-10)9-16(14,15)12-6-7-13-8-12/h2-5,12-13H,6-9H2,1H3. The quantitative estimate of drug-likeness (QED) is 0.864. The summed E-state index contributed by atoms with van der Waals surface area (Å²) in [5, 5.41) is 2.89. The van der Waals surface area contributed by atoms with E-state index in [1.807, 2.05) is 31.2 Å². The first-order valence-electron chi connectivity index (χ1n) is 5.56. The van der Waals surface area contributed by atoms with Crippen LogP contribution < -0.4 is 5.32 Å². The van der Waals surface area contributed by atoms with Gasteiger partial charge in [-0.25, -0.2) is 8.42 Å². The van der Waals surface area contributed by atoms with Crippen LogP contribution in [0.15, 0.2) is 24.3 Å². The molecule has 1 aromatic carbocycles. The molecule has 0 bridgehead atoms. The molecular weight excluding hydrogens is 222 g/mol. The van der Waals surface area contributed by atoms with E-state index in [0.717, 1.165) is 24.1 Å². The summed E-state index contributed by atoms with van der Waals surface area (Å²) in [6.07, 6.45) is 0.744. The highest BCUT2D eigenvalue weighted by atomic mass is 32.2. The number of hydrogen-bond acceptors (Lipinski definition) is 3. The number of hydrogen-bond donors (Lipinski definition) is 1. The lowest BCUT2D eigenvalue weighted by Gasteiger charge is -2.10. The van der Waals surface area contributed by atoms with Crippen molar-refractivity contribution in [2.75, 3.05) is 13.1 Å². The third-order valence-corrected chi connectivity index (χ3v) is 5.17. The average Bonchev–Trinajstić information content (AvgIpc) is 2.75. The van der Waals surface area contributed by atoms with Gasteiger partial charge in [0, 0.05) is 6.54 Å². The van der Waals surface area contributed by atoms with Crippen molar-refractivity contribution in [3.05, 3.63) is 35.4 Å². The van der Waals surface area contributed by atoms with E-state index in [1.165, 1.54) is 0 Å². The number of sulfone groups is 1. The molecule has 0 saturated carbocycles. The van der Waals surface area contributed by atoms with Crippen LogP contribution in [-0.2, 0) is 15.6 Å². The Balaban J connectivity index is 2.11. The van der Waals surface area contributed by atoms with Gasteiger partial charge in [-0.05, 0) is 25.5 Å². The van der Waals surface area contributed by atoms with E-state index >= 15 is 0 Å². The van der Waals surface area contributed by atoms with Crippen LogP contribution in [0.3, 0.4) is 0 Å². The van der Waals surface area contributed by atoms with E-state index in [1.54, 1.807) is 0 Å². The molecule has 2 rings (SSSR count). The predicted molar refractivity (Wildman–Crippen MR) is 65.1 cm³/mol. The lowest BCUT2D eigenvalue weighted by Crippen LogP contribution is -2.25. The fraction of sp³-hybridized carbons (Fsp3) is 0.500. The molecule has 1 aliphatic rings. The third-order valence-electron chi connectivity index (χ3n) is 3.01. The molecule has 0 aliphatic carbocycles. The maximum atomic E-state index is 12.0. The first-order chi connectivity index (χ1) is 7.58. The van der Waals surface area contributed by atoms with Gasteiger partial charge in [-0.1, -0.05) is 29.8 Å². The second-order valence-electron chi connectivity index (χ2n) is 4.41. The van der Waals surface area contributed by atoms with E-state index in [4.69, 9.17) is 0 Å². The summed E-state index contributed by atoms with van der Waals surface area (Å²) in [5.41, 5.74) is 2.04. The van der Waals surface area contributed by atoms with Crippen molar-refractivity contribution in [1.82, 2.24) is 5.32 Å². The van der Waals surface area contributed by atoms with Crippen LogP contribution >= 0.6 is 0 Å². The smallest absolute Gasteiger partial charge is 0.158 e. The fourth-order valence-electron chi connectivity index (χ4n) is 1.97. The van der Waals surface area contributed by atoms with Gasteiger partial charge in [-0.15, -0.1) is 0 Å². The molecule has 88 valence electrons. The molecule has 16 heavy (non-hydrogen) atoms. The van der Waals surface area contributed by atoms with Crippen LogP contribution in [0.4, 0.5) is 0 Å². The highest BCUT2D eigenvalue weighted by Gasteiger charge is 2.28. The Bertz CT molecular complexity index is 444. The van der Waals surface area contributed by atoms with Crippen molar-refractivity contribution in [2.45, 2.75) is 24.3 Å². The van der Waals surface area contributed by atoms with Gasteiger partial charge < -0.3 is 5.32 Å². The molecule has 0 amide bonds. The molecule has 4 heteroatoms. The second kappa shape index (κ2) is 4.55. The van der Waals surface area contributed by atoms with E-state index in [2.05, 4.69) is 5.32 Å². The van der Waals surface area contributed by atoms with Crippen LogP contribution in [0.2, 0.25) is 0 Å². The van der Waals surface area contributed by atoms with Crippen molar-refractivity contribution in [1.29, 1.82) is 0 Å². The van der Waals surface area contributed by atoms with Gasteiger partial charge in [0.2, 0.25) is 0 Å². The number of nitrogens with one attached hydrogen (secondary N) is 1. The Hall–Kier alpha value is -0.870. The summed E-state index contributed by atoms with van der Waals surface area (Å²) in [6, 6.07) is 7.71. The van der Waals surface area contributed by atoms with Crippen molar-refractivity contribution in [3.8, 4) is 0 Å². The summed E-state index contributed by atoms with van der Waals surface area (Å²) < 4.78 is 24.1. The van der Waals surface area contributed by atoms with Gasteiger partial charge in [0.05, 0.1) is 11.0 Å². The Morgan fingerprint density at radius 2 is 2.00 bits per heavy atom. The van der Waals surface area contributed by atoms with Gasteiger partial charge in [0.15, 0.2) is 9.84 Å². The molecule has 1 saturated heterocycles. The van der Waals surface area contributed by atoms with Gasteiger partial charge in [-0.2, -0.15) is 0 Å². The molecule has 1 fully saturated rings. The number of benzene rings is 1. The molecule has 1 unspecified atom stereocenters. The van der Waals surface area contributed by atoms with Gasteiger partial charge >= 0.3 is 0 Å². The Morgan fingerprint density at radius 3 is 2.56 bits per heavy atom. The topological polar surface area (TPSA) is 46.2 Å². The van der Waals surface area contributed by atoms with Crippen LogP contribution in [0.1, 0.15) is 17.5 Å². The maximum absolute atomic E-state index is 12.0. The SMILES string of the molecule is Cc1ccc(CS(=O)(=O)C2CCNC2)cc1. The van der Waals surface area contributed by atoms with Crippen LogP contribution in [0.5, 0.6) is 0 Å². The van der Waals surface area contributed by atoms with Crippen molar-refractivity contribution in [3.63, 3.8) is 0 Å². The van der Waals surface area contributed by atoms with Crippen LogP contribution in [0.25, 0.3) is 0 Å². The maximum Gasteiger partial charge on any atom is 0.158 e. The molecule has 3 nitrogen and oxygen atoms in total. The molecular formula is C12H17NO2S. The van der Waals surface area contributed by atoms with E-state index in [0.29, 0.717) is 6.54 Å². The zero-order chi connectivity index (χ0) is 11.6. The minimum absolute atomic E-state index is 0.166. The summed E-state index contributed by atoms with van der Waals surface area (Å²) in [7, 11) is -2.99. The predicted octanol–water partition coefficient (Wildman–Crippen LogP) is 1.27. The van der Waals surface area contributed by atoms with E-state index < -0.39 is 9.84 Å².